The van der Waals surface area contributed by atoms with Crippen LogP contribution in [-0.2, 0) is 9.53 Å². The molecule has 2 aromatic rings. The summed E-state index contributed by atoms with van der Waals surface area (Å²) in [5.41, 5.74) is -0.315. The Labute approximate surface area is 145 Å². The molecule has 2 rings (SSSR count). The number of hydrogen-bond acceptors (Lipinski definition) is 6. The van der Waals surface area contributed by atoms with Gasteiger partial charge in [0.05, 0.1) is 18.9 Å². The van der Waals surface area contributed by atoms with E-state index in [0.29, 0.717) is 6.07 Å². The van der Waals surface area contributed by atoms with Crippen molar-refractivity contribution in [3.63, 3.8) is 0 Å². The minimum Gasteiger partial charge on any atom is -0.465 e. The number of anilines is 1. The molecule has 1 aromatic heterocycles. The second-order valence-electron chi connectivity index (χ2n) is 4.70. The molecule has 10 heteroatoms. The molecule has 0 atom stereocenters. The van der Waals surface area contributed by atoms with Gasteiger partial charge in [0, 0.05) is 19.0 Å². The zero-order valence-corrected chi connectivity index (χ0v) is 13.8. The number of nitrogens with one attached hydrogen (secondary N) is 2. The first-order valence-corrected chi connectivity index (χ1v) is 7.79. The van der Waals surface area contributed by atoms with E-state index in [2.05, 4.69) is 20.4 Å². The molecule has 2 N–H and O–H groups in total. The SMILES string of the molecule is COC(=O)c1cnc(NC(=O)CCNC(=O)c2ccc(F)cc2F)s1. The Hall–Kier alpha value is -2.88. The number of aromatic nitrogens is 1. The Morgan fingerprint density at radius 3 is 2.72 bits per heavy atom. The van der Waals surface area contributed by atoms with Gasteiger partial charge < -0.3 is 15.4 Å². The van der Waals surface area contributed by atoms with Gasteiger partial charge in [-0.15, -0.1) is 0 Å². The highest BCUT2D eigenvalue weighted by molar-refractivity contribution is 7.17. The average molecular weight is 369 g/mol. The highest BCUT2D eigenvalue weighted by Gasteiger charge is 2.14. The van der Waals surface area contributed by atoms with Gasteiger partial charge in [0.15, 0.2) is 5.13 Å². The zero-order chi connectivity index (χ0) is 18.4. The molecule has 0 aliphatic rings. The maximum atomic E-state index is 13.4. The maximum absolute atomic E-state index is 13.4. The fourth-order valence-electron chi connectivity index (χ4n) is 1.77. The van der Waals surface area contributed by atoms with Gasteiger partial charge in [-0.25, -0.2) is 18.6 Å². The molecule has 0 radical (unpaired) electrons. The first kappa shape index (κ1) is 18.5. The Morgan fingerprint density at radius 1 is 1.28 bits per heavy atom. The van der Waals surface area contributed by atoms with Gasteiger partial charge in [0.2, 0.25) is 5.91 Å². The molecule has 0 saturated heterocycles. The predicted molar refractivity (Wildman–Crippen MR) is 85.4 cm³/mol. The third kappa shape index (κ3) is 5.05. The lowest BCUT2D eigenvalue weighted by atomic mass is 10.2. The highest BCUT2D eigenvalue weighted by Crippen LogP contribution is 2.18. The van der Waals surface area contributed by atoms with Gasteiger partial charge in [-0.3, -0.25) is 9.59 Å². The third-order valence-corrected chi connectivity index (χ3v) is 3.84. The minimum atomic E-state index is -0.986. The Bertz CT molecular complexity index is 810. The van der Waals surface area contributed by atoms with Crippen molar-refractivity contribution in [1.29, 1.82) is 0 Å². The smallest absolute Gasteiger partial charge is 0.349 e. The van der Waals surface area contributed by atoms with E-state index in [1.165, 1.54) is 13.3 Å². The van der Waals surface area contributed by atoms with Gasteiger partial charge in [0.25, 0.3) is 5.91 Å². The number of ether oxygens (including phenoxy) is 1. The van der Waals surface area contributed by atoms with Crippen LogP contribution in [0.4, 0.5) is 13.9 Å². The van der Waals surface area contributed by atoms with E-state index in [9.17, 15) is 23.2 Å². The minimum absolute atomic E-state index is 0.0588. The first-order chi connectivity index (χ1) is 11.9. The van der Waals surface area contributed by atoms with E-state index in [1.807, 2.05) is 0 Å². The molecule has 0 unspecified atom stereocenters. The number of carbonyl (C=O) groups excluding carboxylic acids is 3. The third-order valence-electron chi connectivity index (χ3n) is 2.95. The standard InChI is InChI=1S/C15H13F2N3O4S/c1-24-14(23)11-7-19-15(25-11)20-12(21)4-5-18-13(22)9-3-2-8(16)6-10(9)17/h2-3,6-7H,4-5H2,1H3,(H,18,22)(H,19,20,21). The number of halogens is 2. The lowest BCUT2D eigenvalue weighted by molar-refractivity contribution is -0.116. The Balaban J connectivity index is 1.81. The zero-order valence-electron chi connectivity index (χ0n) is 13.0. The van der Waals surface area contributed by atoms with Crippen LogP contribution in [0.25, 0.3) is 0 Å². The number of amides is 2. The van der Waals surface area contributed by atoms with Crippen molar-refractivity contribution in [2.45, 2.75) is 6.42 Å². The molecule has 0 aliphatic heterocycles. The summed E-state index contributed by atoms with van der Waals surface area (Å²) in [5, 5.41) is 5.02. The summed E-state index contributed by atoms with van der Waals surface area (Å²) in [6, 6.07) is 2.58. The molecule has 0 aliphatic carbocycles. The van der Waals surface area contributed by atoms with Gasteiger partial charge in [0.1, 0.15) is 16.5 Å². The van der Waals surface area contributed by atoms with Crippen LogP contribution in [0.2, 0.25) is 0 Å². The summed E-state index contributed by atoms with van der Waals surface area (Å²) in [7, 11) is 1.23. The maximum Gasteiger partial charge on any atom is 0.349 e. The van der Waals surface area contributed by atoms with Crippen molar-refractivity contribution in [2.75, 3.05) is 19.0 Å². The molecule has 7 nitrogen and oxygen atoms in total. The number of thiazole rings is 1. The summed E-state index contributed by atoms with van der Waals surface area (Å²) in [5.74, 6) is -3.55. The number of nitrogens with zero attached hydrogens (tertiary/aromatic N) is 1. The van der Waals surface area contributed by atoms with E-state index >= 15 is 0 Å². The molecular weight excluding hydrogens is 356 g/mol. The average Bonchev–Trinajstić information content (AvgIpc) is 3.02. The summed E-state index contributed by atoms with van der Waals surface area (Å²) in [6.45, 7) is -0.0588. The monoisotopic (exact) mass is 369 g/mol. The van der Waals surface area contributed by atoms with Crippen molar-refractivity contribution in [3.05, 3.63) is 46.5 Å². The second-order valence-corrected chi connectivity index (χ2v) is 5.73. The molecular formula is C15H13F2N3O4S. The Kier molecular flexibility index (Phi) is 6.12. The molecule has 2 amide bonds. The van der Waals surface area contributed by atoms with Crippen LogP contribution in [0.1, 0.15) is 26.5 Å². The second kappa shape index (κ2) is 8.29. The molecule has 25 heavy (non-hydrogen) atoms. The molecule has 0 bridgehead atoms. The lowest BCUT2D eigenvalue weighted by Gasteiger charge is -2.06. The molecule has 0 spiro atoms. The Morgan fingerprint density at radius 2 is 2.04 bits per heavy atom. The van der Waals surface area contributed by atoms with E-state index in [4.69, 9.17) is 0 Å². The van der Waals surface area contributed by atoms with E-state index in [1.54, 1.807) is 0 Å². The van der Waals surface area contributed by atoms with Crippen molar-refractivity contribution in [2.24, 2.45) is 0 Å². The number of esters is 1. The van der Waals surface area contributed by atoms with Crippen LogP contribution in [-0.4, -0.2) is 36.4 Å². The number of carbonyl (C=O) groups is 3. The van der Waals surface area contributed by atoms with Crippen molar-refractivity contribution in [1.82, 2.24) is 10.3 Å². The number of benzene rings is 1. The number of methoxy groups -OCH3 is 1. The van der Waals surface area contributed by atoms with Crippen molar-refractivity contribution in [3.8, 4) is 0 Å². The molecule has 1 aromatic carbocycles. The van der Waals surface area contributed by atoms with Gasteiger partial charge in [-0.1, -0.05) is 11.3 Å². The predicted octanol–water partition coefficient (Wildman–Crippen LogP) is 1.97. The quantitative estimate of drug-likeness (QED) is 0.759. The van der Waals surface area contributed by atoms with E-state index in [-0.39, 0.29) is 28.5 Å². The van der Waals surface area contributed by atoms with Crippen LogP contribution in [0.3, 0.4) is 0 Å². The fourth-order valence-corrected chi connectivity index (χ4v) is 2.52. The van der Waals surface area contributed by atoms with Gasteiger partial charge in [-0.2, -0.15) is 0 Å². The van der Waals surface area contributed by atoms with Crippen LogP contribution in [0.5, 0.6) is 0 Å². The first-order valence-electron chi connectivity index (χ1n) is 6.98. The normalized spacial score (nSPS) is 10.2. The molecule has 1 heterocycles. The summed E-state index contributed by atoms with van der Waals surface area (Å²) >= 11 is 0.944. The molecule has 0 saturated carbocycles. The molecule has 132 valence electrons. The summed E-state index contributed by atoms with van der Waals surface area (Å²) in [6.07, 6.45) is 1.17. The number of hydrogen-bond donors (Lipinski definition) is 2. The summed E-state index contributed by atoms with van der Waals surface area (Å²) < 4.78 is 30.8. The van der Waals surface area contributed by atoms with Gasteiger partial charge >= 0.3 is 5.97 Å². The highest BCUT2D eigenvalue weighted by atomic mass is 32.1. The largest absolute Gasteiger partial charge is 0.465 e. The molecule has 0 fully saturated rings. The summed E-state index contributed by atoms with van der Waals surface area (Å²) in [4.78, 5) is 38.9. The van der Waals surface area contributed by atoms with E-state index in [0.717, 1.165) is 23.5 Å². The lowest BCUT2D eigenvalue weighted by Crippen LogP contribution is -2.28. The van der Waals surface area contributed by atoms with Crippen LogP contribution in [0, 0.1) is 11.6 Å². The fraction of sp³-hybridized carbons (Fsp3) is 0.200. The van der Waals surface area contributed by atoms with Crippen LogP contribution in [0.15, 0.2) is 24.4 Å². The van der Waals surface area contributed by atoms with Crippen molar-refractivity contribution >= 4 is 34.3 Å². The van der Waals surface area contributed by atoms with Gasteiger partial charge in [-0.05, 0) is 12.1 Å². The van der Waals surface area contributed by atoms with Crippen LogP contribution < -0.4 is 10.6 Å². The topological polar surface area (TPSA) is 97.4 Å². The van der Waals surface area contributed by atoms with E-state index < -0.39 is 29.4 Å². The van der Waals surface area contributed by atoms with Crippen molar-refractivity contribution < 1.29 is 27.9 Å². The van der Waals surface area contributed by atoms with Crippen LogP contribution >= 0.6 is 11.3 Å². The number of rotatable bonds is 6.